The summed E-state index contributed by atoms with van der Waals surface area (Å²) in [4.78, 5) is 12.5. The van der Waals surface area contributed by atoms with Gasteiger partial charge in [0, 0.05) is 12.1 Å². The van der Waals surface area contributed by atoms with Crippen molar-refractivity contribution in [3.05, 3.63) is 63.7 Å². The van der Waals surface area contributed by atoms with Gasteiger partial charge in [-0.2, -0.15) is 10.2 Å². The summed E-state index contributed by atoms with van der Waals surface area (Å²) in [5.41, 5.74) is 4.83. The lowest BCUT2D eigenvalue weighted by Crippen LogP contribution is -2.17. The predicted molar refractivity (Wildman–Crippen MR) is 98.2 cm³/mol. The quantitative estimate of drug-likeness (QED) is 0.777. The zero-order chi connectivity index (χ0) is 18.1. The fourth-order valence-electron chi connectivity index (χ4n) is 2.80. The molecule has 25 heavy (non-hydrogen) atoms. The highest BCUT2D eigenvalue weighted by molar-refractivity contribution is 6.30. The first-order chi connectivity index (χ1) is 11.8. The molecule has 0 fully saturated rings. The zero-order valence-corrected chi connectivity index (χ0v) is 15.4. The maximum Gasteiger partial charge on any atom is 0.274 e. The number of aryl methyl sites for hydroxylation is 3. The number of benzene rings is 1. The molecule has 0 aliphatic heterocycles. The van der Waals surface area contributed by atoms with Gasteiger partial charge >= 0.3 is 0 Å². The minimum Gasteiger partial charge on any atom is -0.317 e. The van der Waals surface area contributed by atoms with Gasteiger partial charge in [-0.05, 0) is 44.5 Å². The lowest BCUT2D eigenvalue weighted by molar-refractivity contribution is 0.101. The molecule has 0 saturated carbocycles. The Hall–Kier alpha value is -2.60. The van der Waals surface area contributed by atoms with Gasteiger partial charge in [0.05, 0.1) is 29.3 Å². The Morgan fingerprint density at radius 2 is 1.84 bits per heavy atom. The monoisotopic (exact) mass is 357 g/mol. The van der Waals surface area contributed by atoms with Gasteiger partial charge in [-0.15, -0.1) is 0 Å². The highest BCUT2D eigenvalue weighted by Crippen LogP contribution is 2.22. The molecule has 1 amide bonds. The number of nitrogens with zero attached hydrogens (tertiary/aromatic N) is 4. The summed E-state index contributed by atoms with van der Waals surface area (Å²) in [7, 11) is 1.76. The van der Waals surface area contributed by atoms with Gasteiger partial charge in [-0.25, -0.2) is 0 Å². The van der Waals surface area contributed by atoms with E-state index in [4.69, 9.17) is 11.6 Å². The maximum atomic E-state index is 12.5. The van der Waals surface area contributed by atoms with Crippen LogP contribution in [0.15, 0.2) is 30.3 Å². The average molecular weight is 358 g/mol. The standard InChI is InChI=1S/C18H20ClN5O/c1-11-9-16(23(4)21-11)18(25)20-17-12(2)22-24(13(17)3)10-14-5-7-15(19)8-6-14/h5-9H,10H2,1-4H3,(H,20,25). The van der Waals surface area contributed by atoms with Crippen LogP contribution in [0.5, 0.6) is 0 Å². The molecule has 3 rings (SSSR count). The van der Waals surface area contributed by atoms with Gasteiger partial charge in [0.15, 0.2) is 0 Å². The topological polar surface area (TPSA) is 64.7 Å². The zero-order valence-electron chi connectivity index (χ0n) is 14.7. The molecule has 3 aromatic rings. The highest BCUT2D eigenvalue weighted by Gasteiger charge is 2.18. The predicted octanol–water partition coefficient (Wildman–Crippen LogP) is 3.50. The Balaban J connectivity index is 1.83. The van der Waals surface area contributed by atoms with E-state index in [1.54, 1.807) is 17.8 Å². The van der Waals surface area contributed by atoms with Crippen molar-refractivity contribution in [2.75, 3.05) is 5.32 Å². The Bertz CT molecular complexity index is 924. The van der Waals surface area contributed by atoms with Crippen molar-refractivity contribution in [3.8, 4) is 0 Å². The minimum absolute atomic E-state index is 0.194. The van der Waals surface area contributed by atoms with Crippen molar-refractivity contribution in [2.24, 2.45) is 7.05 Å². The lowest BCUT2D eigenvalue weighted by atomic mass is 10.2. The van der Waals surface area contributed by atoms with Crippen LogP contribution in [0.25, 0.3) is 0 Å². The molecular weight excluding hydrogens is 338 g/mol. The van der Waals surface area contributed by atoms with E-state index in [1.165, 1.54) is 0 Å². The molecule has 2 aromatic heterocycles. The highest BCUT2D eigenvalue weighted by atomic mass is 35.5. The second kappa shape index (κ2) is 6.72. The van der Waals surface area contributed by atoms with E-state index < -0.39 is 0 Å². The maximum absolute atomic E-state index is 12.5. The first kappa shape index (κ1) is 17.2. The lowest BCUT2D eigenvalue weighted by Gasteiger charge is -2.07. The smallest absolute Gasteiger partial charge is 0.274 e. The third kappa shape index (κ3) is 3.58. The molecule has 0 saturated heterocycles. The molecule has 0 spiro atoms. The van der Waals surface area contributed by atoms with Crippen LogP contribution in [-0.4, -0.2) is 25.5 Å². The molecule has 0 aliphatic carbocycles. The normalized spacial score (nSPS) is 10.9. The van der Waals surface area contributed by atoms with E-state index in [0.717, 1.165) is 28.3 Å². The van der Waals surface area contributed by atoms with Crippen molar-refractivity contribution in [2.45, 2.75) is 27.3 Å². The van der Waals surface area contributed by atoms with Crippen molar-refractivity contribution < 1.29 is 4.79 Å². The summed E-state index contributed by atoms with van der Waals surface area (Å²) in [6.07, 6.45) is 0. The molecule has 0 aliphatic rings. The van der Waals surface area contributed by atoms with Gasteiger partial charge in [-0.1, -0.05) is 23.7 Å². The van der Waals surface area contributed by atoms with E-state index in [0.29, 0.717) is 17.3 Å². The third-order valence-electron chi connectivity index (χ3n) is 4.10. The fraction of sp³-hybridized carbons (Fsp3) is 0.278. The van der Waals surface area contributed by atoms with Crippen LogP contribution in [0.4, 0.5) is 5.69 Å². The molecule has 1 N–H and O–H groups in total. The number of carbonyl (C=O) groups is 1. The average Bonchev–Trinajstić information content (AvgIpc) is 3.03. The van der Waals surface area contributed by atoms with Crippen molar-refractivity contribution >= 4 is 23.2 Å². The van der Waals surface area contributed by atoms with Crippen LogP contribution in [-0.2, 0) is 13.6 Å². The number of hydrogen-bond acceptors (Lipinski definition) is 3. The van der Waals surface area contributed by atoms with Crippen LogP contribution < -0.4 is 5.32 Å². The number of nitrogens with one attached hydrogen (secondary N) is 1. The van der Waals surface area contributed by atoms with Crippen molar-refractivity contribution in [3.63, 3.8) is 0 Å². The van der Waals surface area contributed by atoms with E-state index in [1.807, 2.05) is 49.7 Å². The molecule has 0 radical (unpaired) electrons. The molecule has 6 nitrogen and oxygen atoms in total. The summed E-state index contributed by atoms with van der Waals surface area (Å²) in [6, 6.07) is 9.41. The molecule has 7 heteroatoms. The minimum atomic E-state index is -0.194. The van der Waals surface area contributed by atoms with Gasteiger partial charge in [0.25, 0.3) is 5.91 Å². The van der Waals surface area contributed by atoms with Gasteiger partial charge < -0.3 is 5.32 Å². The molecule has 130 valence electrons. The Kier molecular flexibility index (Phi) is 4.63. The number of amides is 1. The van der Waals surface area contributed by atoms with E-state index in [2.05, 4.69) is 15.5 Å². The molecule has 1 aromatic carbocycles. The Labute approximate surface area is 151 Å². The fourth-order valence-corrected chi connectivity index (χ4v) is 2.92. The summed E-state index contributed by atoms with van der Waals surface area (Å²) >= 11 is 5.93. The largest absolute Gasteiger partial charge is 0.317 e. The summed E-state index contributed by atoms with van der Waals surface area (Å²) in [6.45, 7) is 6.30. The summed E-state index contributed by atoms with van der Waals surface area (Å²) in [5.74, 6) is -0.194. The van der Waals surface area contributed by atoms with E-state index in [9.17, 15) is 4.79 Å². The molecule has 0 unspecified atom stereocenters. The molecule has 2 heterocycles. The second-order valence-corrected chi connectivity index (χ2v) is 6.52. The van der Waals surface area contributed by atoms with Crippen LogP contribution >= 0.6 is 11.6 Å². The number of carbonyl (C=O) groups excluding carboxylic acids is 1. The van der Waals surface area contributed by atoms with Gasteiger partial charge in [0.1, 0.15) is 5.69 Å². The second-order valence-electron chi connectivity index (χ2n) is 6.08. The Morgan fingerprint density at radius 3 is 2.44 bits per heavy atom. The van der Waals surface area contributed by atoms with Gasteiger partial charge in [-0.3, -0.25) is 14.2 Å². The third-order valence-corrected chi connectivity index (χ3v) is 4.35. The van der Waals surface area contributed by atoms with Crippen LogP contribution in [0, 0.1) is 20.8 Å². The van der Waals surface area contributed by atoms with E-state index in [-0.39, 0.29) is 5.91 Å². The molecule has 0 bridgehead atoms. The number of hydrogen-bond donors (Lipinski definition) is 1. The SMILES string of the molecule is Cc1cc(C(=O)Nc2c(C)nn(Cc3ccc(Cl)cc3)c2C)n(C)n1. The van der Waals surface area contributed by atoms with Crippen LogP contribution in [0.1, 0.15) is 33.1 Å². The van der Waals surface area contributed by atoms with Crippen molar-refractivity contribution in [1.82, 2.24) is 19.6 Å². The first-order valence-electron chi connectivity index (χ1n) is 7.95. The number of aromatic nitrogens is 4. The summed E-state index contributed by atoms with van der Waals surface area (Å²) in [5, 5.41) is 12.4. The van der Waals surface area contributed by atoms with Crippen molar-refractivity contribution in [1.29, 1.82) is 0 Å². The molecule has 0 atom stereocenters. The van der Waals surface area contributed by atoms with Crippen LogP contribution in [0.2, 0.25) is 5.02 Å². The first-order valence-corrected chi connectivity index (χ1v) is 8.33. The Morgan fingerprint density at radius 1 is 1.16 bits per heavy atom. The molecular formula is C18H20ClN5O. The number of rotatable bonds is 4. The van der Waals surface area contributed by atoms with Gasteiger partial charge in [0.2, 0.25) is 0 Å². The van der Waals surface area contributed by atoms with E-state index >= 15 is 0 Å². The summed E-state index contributed by atoms with van der Waals surface area (Å²) < 4.78 is 3.45. The number of halogens is 1. The number of anilines is 1. The van der Waals surface area contributed by atoms with Crippen LogP contribution in [0.3, 0.4) is 0 Å².